The predicted molar refractivity (Wildman–Crippen MR) is 60.6 cm³/mol. The van der Waals surface area contributed by atoms with E-state index in [1.807, 2.05) is 0 Å². The lowest BCUT2D eigenvalue weighted by Crippen LogP contribution is -2.41. The van der Waals surface area contributed by atoms with Crippen molar-refractivity contribution in [3.63, 3.8) is 0 Å². The van der Waals surface area contributed by atoms with Crippen molar-refractivity contribution in [2.45, 2.75) is 35.3 Å². The minimum Gasteiger partial charge on any atom is -0.393 e. The van der Waals surface area contributed by atoms with Crippen molar-refractivity contribution in [2.75, 3.05) is 13.2 Å². The van der Waals surface area contributed by atoms with Crippen LogP contribution < -0.4 is 0 Å². The molecule has 0 aromatic carbocycles. The summed E-state index contributed by atoms with van der Waals surface area (Å²) in [5.74, 6) is 0.877. The summed E-state index contributed by atoms with van der Waals surface area (Å²) >= 11 is 3.77. The fourth-order valence-electron chi connectivity index (χ4n) is 5.39. The van der Waals surface area contributed by atoms with Crippen LogP contribution in [0.1, 0.15) is 6.42 Å². The van der Waals surface area contributed by atoms with Crippen LogP contribution in [0.25, 0.3) is 0 Å². The van der Waals surface area contributed by atoms with Crippen LogP contribution in [0.2, 0.25) is 0 Å². The highest BCUT2D eigenvalue weighted by molar-refractivity contribution is 9.09. The third kappa shape index (κ3) is 0.890. The highest BCUT2D eigenvalue weighted by Gasteiger charge is 2.81. The molecule has 0 aromatic heterocycles. The zero-order chi connectivity index (χ0) is 11.4. The van der Waals surface area contributed by atoms with Crippen LogP contribution in [0.4, 0.5) is 0 Å². The van der Waals surface area contributed by atoms with Crippen LogP contribution in [0, 0.1) is 23.7 Å². The van der Waals surface area contributed by atoms with E-state index in [9.17, 15) is 5.11 Å². The second kappa shape index (κ2) is 2.90. The Kier molecular flexibility index (Phi) is 1.73. The Morgan fingerprint density at radius 2 is 1.88 bits per heavy atom. The van der Waals surface area contributed by atoms with E-state index in [0.717, 1.165) is 6.42 Å². The average Bonchev–Trinajstić information content (AvgIpc) is 3.00. The number of fused-ring (bicyclic) bond motifs is 1. The van der Waals surface area contributed by atoms with Crippen LogP contribution in [0.5, 0.6) is 0 Å². The molecule has 4 nitrogen and oxygen atoms in total. The van der Waals surface area contributed by atoms with Crippen LogP contribution in [-0.4, -0.2) is 47.2 Å². The molecule has 5 aliphatic rings. The minimum atomic E-state index is -0.454. The van der Waals surface area contributed by atoms with Gasteiger partial charge in [0.1, 0.15) is 0 Å². The summed E-state index contributed by atoms with van der Waals surface area (Å²) < 4.78 is 18.1. The molecule has 5 heteroatoms. The Labute approximate surface area is 108 Å². The topological polar surface area (TPSA) is 47.9 Å². The molecule has 2 saturated heterocycles. The molecule has 94 valence electrons. The maximum atomic E-state index is 10.3. The zero-order valence-corrected chi connectivity index (χ0v) is 10.9. The Bertz CT molecular complexity index is 383. The molecule has 2 bridgehead atoms. The van der Waals surface area contributed by atoms with E-state index in [0.29, 0.717) is 31.0 Å². The van der Waals surface area contributed by atoms with E-state index in [4.69, 9.17) is 14.2 Å². The zero-order valence-electron chi connectivity index (χ0n) is 9.29. The van der Waals surface area contributed by atoms with Crippen LogP contribution in [-0.2, 0) is 14.2 Å². The maximum absolute atomic E-state index is 10.3. The monoisotopic (exact) mass is 302 g/mol. The highest BCUT2D eigenvalue weighted by Crippen LogP contribution is 2.71. The van der Waals surface area contributed by atoms with Gasteiger partial charge in [0.15, 0.2) is 5.79 Å². The van der Waals surface area contributed by atoms with Gasteiger partial charge in [-0.2, -0.15) is 0 Å². The first-order chi connectivity index (χ1) is 8.24. The Hall–Kier alpha value is 0.320. The van der Waals surface area contributed by atoms with E-state index in [2.05, 4.69) is 15.9 Å². The van der Waals surface area contributed by atoms with Gasteiger partial charge in [0, 0.05) is 29.0 Å². The van der Waals surface area contributed by atoms with Crippen molar-refractivity contribution in [1.29, 1.82) is 0 Å². The van der Waals surface area contributed by atoms with Crippen molar-refractivity contribution in [2.24, 2.45) is 23.7 Å². The van der Waals surface area contributed by atoms with Crippen molar-refractivity contribution in [3.05, 3.63) is 0 Å². The summed E-state index contributed by atoms with van der Waals surface area (Å²) in [5, 5.41) is 10.3. The maximum Gasteiger partial charge on any atom is 0.178 e. The lowest BCUT2D eigenvalue weighted by molar-refractivity contribution is -0.197. The number of aliphatic hydroxyl groups excluding tert-OH is 1. The smallest absolute Gasteiger partial charge is 0.178 e. The predicted octanol–water partition coefficient (Wildman–Crippen LogP) is 0.517. The molecular weight excluding hydrogens is 288 g/mol. The van der Waals surface area contributed by atoms with Crippen molar-refractivity contribution >= 4 is 15.9 Å². The van der Waals surface area contributed by atoms with E-state index in [1.54, 1.807) is 0 Å². The fourth-order valence-corrected chi connectivity index (χ4v) is 6.56. The lowest BCUT2D eigenvalue weighted by Gasteiger charge is -2.32. The second-order valence-electron chi connectivity index (χ2n) is 6.01. The van der Waals surface area contributed by atoms with E-state index in [-0.39, 0.29) is 29.1 Å². The Balaban J connectivity index is 1.70. The first-order valence-electron chi connectivity index (χ1n) is 6.49. The first kappa shape index (κ1) is 10.1. The number of alkyl halides is 1. The molecule has 1 spiro atoms. The summed E-state index contributed by atoms with van der Waals surface area (Å²) in [7, 11) is 0. The van der Waals surface area contributed by atoms with Gasteiger partial charge in [0.05, 0.1) is 31.5 Å². The van der Waals surface area contributed by atoms with Gasteiger partial charge < -0.3 is 19.3 Å². The van der Waals surface area contributed by atoms with Crippen molar-refractivity contribution in [3.8, 4) is 0 Å². The highest BCUT2D eigenvalue weighted by atomic mass is 79.9. The van der Waals surface area contributed by atoms with Crippen LogP contribution in [0.15, 0.2) is 0 Å². The van der Waals surface area contributed by atoms with Gasteiger partial charge in [-0.1, -0.05) is 15.9 Å². The molecule has 0 aromatic rings. The van der Waals surface area contributed by atoms with Gasteiger partial charge in [0.2, 0.25) is 0 Å². The minimum absolute atomic E-state index is 0.219. The molecule has 0 radical (unpaired) electrons. The molecular formula is C12H15BrO4. The van der Waals surface area contributed by atoms with Gasteiger partial charge >= 0.3 is 0 Å². The number of ether oxygens (including phenoxy) is 3. The summed E-state index contributed by atoms with van der Waals surface area (Å²) in [6, 6.07) is 0. The first-order valence-corrected chi connectivity index (χ1v) is 7.41. The molecule has 3 aliphatic carbocycles. The van der Waals surface area contributed by atoms with Gasteiger partial charge in [-0.05, 0) is 5.92 Å². The van der Waals surface area contributed by atoms with E-state index >= 15 is 0 Å². The second-order valence-corrected chi connectivity index (χ2v) is 7.07. The van der Waals surface area contributed by atoms with Crippen molar-refractivity contribution in [1.82, 2.24) is 0 Å². The largest absolute Gasteiger partial charge is 0.393 e. The quantitative estimate of drug-likeness (QED) is 0.663. The van der Waals surface area contributed by atoms with E-state index in [1.165, 1.54) is 0 Å². The van der Waals surface area contributed by atoms with Crippen LogP contribution in [0.3, 0.4) is 0 Å². The molecule has 0 amide bonds. The normalized spacial score (nSPS) is 65.3. The Morgan fingerprint density at radius 1 is 1.12 bits per heavy atom. The number of hydrogen-bond donors (Lipinski definition) is 1. The van der Waals surface area contributed by atoms with Crippen molar-refractivity contribution < 1.29 is 19.3 Å². The molecule has 5 rings (SSSR count). The number of rotatable bonds is 0. The summed E-state index contributed by atoms with van der Waals surface area (Å²) in [5.41, 5.74) is 0. The third-order valence-electron chi connectivity index (χ3n) is 5.63. The van der Waals surface area contributed by atoms with E-state index < -0.39 is 5.79 Å². The molecule has 2 heterocycles. The van der Waals surface area contributed by atoms with Gasteiger partial charge in [-0.25, -0.2) is 0 Å². The molecule has 17 heavy (non-hydrogen) atoms. The molecule has 5 fully saturated rings. The SMILES string of the molecule is O[C@H]1C[C@@H]2O[C@@H]3[C@@H](Br)[C@@H]4[C@H]1[C@H]2[C@H]3C41OCCO1. The molecule has 0 unspecified atom stereocenters. The molecule has 1 N–H and O–H groups in total. The summed E-state index contributed by atoms with van der Waals surface area (Å²) in [6.07, 6.45) is 0.999. The average molecular weight is 303 g/mol. The fraction of sp³-hybridized carbons (Fsp3) is 1.00. The van der Waals surface area contributed by atoms with Gasteiger partial charge in [-0.3, -0.25) is 0 Å². The number of aliphatic hydroxyl groups is 1. The number of halogens is 1. The third-order valence-corrected chi connectivity index (χ3v) is 6.72. The summed E-state index contributed by atoms with van der Waals surface area (Å²) in [4.78, 5) is 0.270. The van der Waals surface area contributed by atoms with Crippen LogP contribution >= 0.6 is 15.9 Å². The number of hydrogen-bond acceptors (Lipinski definition) is 4. The van der Waals surface area contributed by atoms with Gasteiger partial charge in [-0.15, -0.1) is 0 Å². The molecule has 3 saturated carbocycles. The molecule has 2 aliphatic heterocycles. The molecule has 8 atom stereocenters. The van der Waals surface area contributed by atoms with Gasteiger partial charge in [0.25, 0.3) is 0 Å². The standard InChI is InChI=1S/C12H15BrO4/c13-10-8-6-4(14)3-5-7(6)9(11(10)17-5)12(8)15-1-2-16-12/h4-11,14H,1-3H2/t4-,5-,6+,7-,8-,9+,10-,11-/m0/s1. The lowest BCUT2D eigenvalue weighted by atomic mass is 9.81. The summed E-state index contributed by atoms with van der Waals surface area (Å²) in [6.45, 7) is 1.36. The Morgan fingerprint density at radius 3 is 2.65 bits per heavy atom.